The second-order valence-electron chi connectivity index (χ2n) is 6.62. The number of carboxylic acids is 1. The summed E-state index contributed by atoms with van der Waals surface area (Å²) in [7, 11) is 0. The lowest BCUT2D eigenvalue weighted by molar-refractivity contribution is -0.243. The predicted molar refractivity (Wildman–Crippen MR) is 71.0 cm³/mol. The van der Waals surface area contributed by atoms with Crippen molar-refractivity contribution in [3.8, 4) is 0 Å². The molecule has 3 aliphatic rings. The van der Waals surface area contributed by atoms with Crippen molar-refractivity contribution in [2.75, 3.05) is 13.2 Å². The lowest BCUT2D eigenvalue weighted by atomic mass is 9.99. The Labute approximate surface area is 128 Å². The maximum atomic E-state index is 10.6. The van der Waals surface area contributed by atoms with Gasteiger partial charge in [0.15, 0.2) is 17.9 Å². The van der Waals surface area contributed by atoms with Crippen LogP contribution in [-0.2, 0) is 33.2 Å². The molecule has 1 N–H and O–H groups in total. The zero-order valence-electron chi connectivity index (χ0n) is 13.1. The van der Waals surface area contributed by atoms with Gasteiger partial charge in [0.05, 0.1) is 6.61 Å². The number of fused-ring (bicyclic) bond motifs is 3. The van der Waals surface area contributed by atoms with Crippen molar-refractivity contribution in [3.63, 3.8) is 0 Å². The van der Waals surface area contributed by atoms with Crippen molar-refractivity contribution in [1.29, 1.82) is 0 Å². The van der Waals surface area contributed by atoms with E-state index in [0.29, 0.717) is 0 Å². The van der Waals surface area contributed by atoms with Crippen LogP contribution in [0.25, 0.3) is 0 Å². The van der Waals surface area contributed by atoms with Gasteiger partial charge in [0.25, 0.3) is 0 Å². The summed E-state index contributed by atoms with van der Waals surface area (Å²) in [6.07, 6.45) is -2.22. The third kappa shape index (κ3) is 3.12. The van der Waals surface area contributed by atoms with Crippen LogP contribution in [0.5, 0.6) is 0 Å². The van der Waals surface area contributed by atoms with Gasteiger partial charge in [-0.15, -0.1) is 0 Å². The lowest BCUT2D eigenvalue weighted by Crippen LogP contribution is -2.56. The van der Waals surface area contributed by atoms with Crippen LogP contribution < -0.4 is 0 Å². The van der Waals surface area contributed by atoms with Crippen LogP contribution in [0.15, 0.2) is 0 Å². The Hall–Kier alpha value is -0.770. The highest BCUT2D eigenvalue weighted by Crippen LogP contribution is 2.44. The molecule has 0 aromatic rings. The number of ether oxygens (including phenoxy) is 6. The van der Waals surface area contributed by atoms with Crippen LogP contribution in [0.1, 0.15) is 27.7 Å². The molecule has 0 aromatic heterocycles. The predicted octanol–water partition coefficient (Wildman–Crippen LogP) is 0.484. The van der Waals surface area contributed by atoms with E-state index in [-0.39, 0.29) is 12.7 Å². The number of aliphatic carboxylic acids is 1. The first kappa shape index (κ1) is 16.1. The second kappa shape index (κ2) is 5.40. The average Bonchev–Trinajstić information content (AvgIpc) is 2.83. The molecule has 126 valence electrons. The van der Waals surface area contributed by atoms with E-state index in [1.807, 2.05) is 13.8 Å². The van der Waals surface area contributed by atoms with Gasteiger partial charge in [0, 0.05) is 0 Å². The van der Waals surface area contributed by atoms with Crippen molar-refractivity contribution in [2.24, 2.45) is 0 Å². The molecule has 3 saturated heterocycles. The van der Waals surface area contributed by atoms with E-state index in [2.05, 4.69) is 0 Å². The molecule has 0 amide bonds. The Bertz CT molecular complexity index is 448. The SMILES string of the molecule is CC1(C)O[C@H]2[C@@H](O1)[C@@H](COCC(=O)O)O[C@@H]1OC(C)(C)O[C@@H]12. The normalized spacial score (nSPS) is 41.9. The first-order valence-electron chi connectivity index (χ1n) is 7.33. The van der Waals surface area contributed by atoms with Crippen LogP contribution >= 0.6 is 0 Å². The van der Waals surface area contributed by atoms with E-state index in [1.165, 1.54) is 0 Å². The Morgan fingerprint density at radius 1 is 1.00 bits per heavy atom. The molecule has 0 radical (unpaired) electrons. The Morgan fingerprint density at radius 2 is 1.59 bits per heavy atom. The fourth-order valence-electron chi connectivity index (χ4n) is 3.09. The Balaban J connectivity index is 1.73. The molecule has 3 rings (SSSR count). The van der Waals surface area contributed by atoms with E-state index in [4.69, 9.17) is 33.5 Å². The van der Waals surface area contributed by atoms with Gasteiger partial charge in [-0.25, -0.2) is 4.79 Å². The molecule has 0 unspecified atom stereocenters. The van der Waals surface area contributed by atoms with Gasteiger partial charge >= 0.3 is 5.97 Å². The van der Waals surface area contributed by atoms with Gasteiger partial charge in [0.2, 0.25) is 0 Å². The summed E-state index contributed by atoms with van der Waals surface area (Å²) in [6.45, 7) is 6.94. The van der Waals surface area contributed by atoms with Crippen molar-refractivity contribution >= 4 is 5.97 Å². The van der Waals surface area contributed by atoms with Crippen LogP contribution in [0.2, 0.25) is 0 Å². The number of carbonyl (C=O) groups is 1. The zero-order valence-corrected chi connectivity index (χ0v) is 13.1. The van der Waals surface area contributed by atoms with E-state index in [0.717, 1.165) is 0 Å². The summed E-state index contributed by atoms with van der Waals surface area (Å²) < 4.78 is 34.4. The molecule has 3 aliphatic heterocycles. The summed E-state index contributed by atoms with van der Waals surface area (Å²) in [5, 5.41) is 8.67. The molecule has 8 nitrogen and oxygen atoms in total. The van der Waals surface area contributed by atoms with Gasteiger partial charge in [0.1, 0.15) is 31.0 Å². The van der Waals surface area contributed by atoms with Gasteiger partial charge in [-0.3, -0.25) is 0 Å². The second-order valence-corrected chi connectivity index (χ2v) is 6.62. The Kier molecular flexibility index (Phi) is 3.95. The zero-order chi connectivity index (χ0) is 16.1. The Morgan fingerprint density at radius 3 is 2.27 bits per heavy atom. The molecular weight excluding hydrogens is 296 g/mol. The largest absolute Gasteiger partial charge is 0.480 e. The first-order valence-corrected chi connectivity index (χ1v) is 7.33. The maximum Gasteiger partial charge on any atom is 0.329 e. The summed E-state index contributed by atoms with van der Waals surface area (Å²) in [6, 6.07) is 0. The van der Waals surface area contributed by atoms with Crippen molar-refractivity contribution in [3.05, 3.63) is 0 Å². The molecular formula is C14H22O8. The standard InChI is InChI=1S/C14H22O8/c1-13(2)19-9-7(5-17-6-8(15)16)18-12-11(10(9)20-13)21-14(3,4)22-12/h7,9-12H,5-6H2,1-4H3,(H,15,16)/t7-,9+,10+,11-,12-/m1/s1. The van der Waals surface area contributed by atoms with E-state index < -0.39 is 48.8 Å². The topological polar surface area (TPSA) is 92.7 Å². The fourth-order valence-corrected chi connectivity index (χ4v) is 3.09. The van der Waals surface area contributed by atoms with E-state index >= 15 is 0 Å². The highest BCUT2D eigenvalue weighted by atomic mass is 16.9. The van der Waals surface area contributed by atoms with E-state index in [9.17, 15) is 4.79 Å². The van der Waals surface area contributed by atoms with Crippen LogP contribution in [0.4, 0.5) is 0 Å². The summed E-state index contributed by atoms with van der Waals surface area (Å²) in [4.78, 5) is 10.6. The van der Waals surface area contributed by atoms with Gasteiger partial charge in [-0.05, 0) is 27.7 Å². The highest BCUT2D eigenvalue weighted by molar-refractivity contribution is 5.67. The van der Waals surface area contributed by atoms with Crippen LogP contribution in [0.3, 0.4) is 0 Å². The molecule has 22 heavy (non-hydrogen) atoms. The monoisotopic (exact) mass is 318 g/mol. The third-order valence-electron chi connectivity index (χ3n) is 3.76. The minimum Gasteiger partial charge on any atom is -0.480 e. The molecule has 3 fully saturated rings. The average molecular weight is 318 g/mol. The molecule has 8 heteroatoms. The number of carboxylic acid groups (broad SMARTS) is 1. The van der Waals surface area contributed by atoms with Gasteiger partial charge in [-0.2, -0.15) is 0 Å². The molecule has 0 aromatic carbocycles. The highest BCUT2D eigenvalue weighted by Gasteiger charge is 2.60. The van der Waals surface area contributed by atoms with Crippen molar-refractivity contribution in [2.45, 2.75) is 70.0 Å². The number of rotatable bonds is 4. The summed E-state index contributed by atoms with van der Waals surface area (Å²) >= 11 is 0. The molecule has 0 saturated carbocycles. The molecule has 3 heterocycles. The molecule has 0 bridgehead atoms. The molecule has 0 spiro atoms. The lowest BCUT2D eigenvalue weighted by Gasteiger charge is -2.37. The molecule has 0 aliphatic carbocycles. The quantitative estimate of drug-likeness (QED) is 0.800. The van der Waals surface area contributed by atoms with Crippen LogP contribution in [0, 0.1) is 0 Å². The minimum absolute atomic E-state index is 0.0832. The fraction of sp³-hybridized carbons (Fsp3) is 0.929. The van der Waals surface area contributed by atoms with Gasteiger partial charge in [-0.1, -0.05) is 0 Å². The van der Waals surface area contributed by atoms with E-state index in [1.54, 1.807) is 13.8 Å². The maximum absolute atomic E-state index is 10.6. The molecule has 5 atom stereocenters. The number of hydrogen-bond donors (Lipinski definition) is 1. The van der Waals surface area contributed by atoms with Crippen molar-refractivity contribution in [1.82, 2.24) is 0 Å². The minimum atomic E-state index is -1.03. The van der Waals surface area contributed by atoms with Gasteiger partial charge < -0.3 is 33.5 Å². The van der Waals surface area contributed by atoms with Crippen molar-refractivity contribution < 1.29 is 38.3 Å². The third-order valence-corrected chi connectivity index (χ3v) is 3.76. The summed E-state index contributed by atoms with van der Waals surface area (Å²) in [5.41, 5.74) is 0. The first-order chi connectivity index (χ1) is 10.2. The smallest absolute Gasteiger partial charge is 0.329 e. The van der Waals surface area contributed by atoms with Crippen LogP contribution in [-0.4, -0.2) is 66.6 Å². The number of hydrogen-bond acceptors (Lipinski definition) is 7. The summed E-state index contributed by atoms with van der Waals surface area (Å²) in [5.74, 6) is -2.57.